The van der Waals surface area contributed by atoms with Crippen molar-refractivity contribution < 1.29 is 18.8 Å². The first-order chi connectivity index (χ1) is 13.0. The number of hydrogen-bond donors (Lipinski definition) is 2. The van der Waals surface area contributed by atoms with Crippen LogP contribution in [-0.2, 0) is 18.8 Å². The fourth-order valence-corrected chi connectivity index (χ4v) is 4.20. The van der Waals surface area contributed by atoms with Crippen LogP contribution in [0.15, 0.2) is 30.3 Å². The molecule has 0 aromatic heterocycles. The fourth-order valence-electron chi connectivity index (χ4n) is 2.88. The van der Waals surface area contributed by atoms with Crippen LogP contribution in [0.5, 0.6) is 0 Å². The van der Waals surface area contributed by atoms with E-state index in [-0.39, 0.29) is 30.1 Å². The van der Waals surface area contributed by atoms with E-state index in [9.17, 15) is 9.59 Å². The van der Waals surface area contributed by atoms with E-state index in [4.69, 9.17) is 14.6 Å². The van der Waals surface area contributed by atoms with E-state index in [0.717, 1.165) is 5.56 Å². The quantitative estimate of drug-likeness (QED) is 0.339. The van der Waals surface area contributed by atoms with Crippen LogP contribution < -0.4 is 5.43 Å². The number of hydrogen-bond acceptors (Lipinski definition) is 5. The van der Waals surface area contributed by atoms with Crippen molar-refractivity contribution in [2.75, 3.05) is 6.61 Å². The van der Waals surface area contributed by atoms with Gasteiger partial charge in [-0.2, -0.15) is 0 Å². The number of hydrazine groups is 1. The van der Waals surface area contributed by atoms with Crippen LogP contribution in [0.4, 0.5) is 0 Å². The molecule has 1 aliphatic heterocycles. The number of carbonyl (C=O) groups is 2. The van der Waals surface area contributed by atoms with Gasteiger partial charge < -0.3 is 9.16 Å². The standard InChI is InChI=1S/C20H31N3O4Si/c1-7-26-19(25)18(21)22-23-16(24)13-15(27-28(5,6)20(2,3)4)17(23)14-11-9-8-10-12-14/h8-12,15,17H,7,13H2,1-6H3,(H2,21,22). The number of carbonyl (C=O) groups excluding carboxylic acids is 2. The second kappa shape index (κ2) is 8.44. The molecule has 28 heavy (non-hydrogen) atoms. The second-order valence-electron chi connectivity index (χ2n) is 8.45. The van der Waals surface area contributed by atoms with Gasteiger partial charge in [0, 0.05) is 0 Å². The first-order valence-corrected chi connectivity index (χ1v) is 12.5. The largest absolute Gasteiger partial charge is 0.460 e. The minimum Gasteiger partial charge on any atom is -0.460 e. The number of ether oxygens (including phenoxy) is 1. The van der Waals surface area contributed by atoms with Gasteiger partial charge in [0.05, 0.1) is 19.1 Å². The highest BCUT2D eigenvalue weighted by Crippen LogP contribution is 2.42. The average Bonchev–Trinajstić information content (AvgIpc) is 2.89. The summed E-state index contributed by atoms with van der Waals surface area (Å²) in [5, 5.41) is 9.27. The zero-order chi connectivity index (χ0) is 21.1. The molecule has 0 saturated carbocycles. The Morgan fingerprint density at radius 3 is 2.43 bits per heavy atom. The monoisotopic (exact) mass is 405 g/mol. The summed E-state index contributed by atoms with van der Waals surface area (Å²) in [6, 6.07) is 9.12. The molecule has 0 spiro atoms. The Hall–Kier alpha value is -2.19. The molecule has 8 heteroatoms. The van der Waals surface area contributed by atoms with Gasteiger partial charge in [-0.05, 0) is 30.6 Å². The zero-order valence-corrected chi connectivity index (χ0v) is 18.5. The summed E-state index contributed by atoms with van der Waals surface area (Å²) in [4.78, 5) is 24.6. The van der Waals surface area contributed by atoms with Crippen LogP contribution in [0.25, 0.3) is 0 Å². The molecule has 0 aliphatic carbocycles. The van der Waals surface area contributed by atoms with Crippen molar-refractivity contribution in [3.63, 3.8) is 0 Å². The Kier molecular flexibility index (Phi) is 6.66. The molecule has 2 rings (SSSR count). The fraction of sp³-hybridized carbons (Fsp3) is 0.550. The highest BCUT2D eigenvalue weighted by atomic mass is 28.4. The summed E-state index contributed by atoms with van der Waals surface area (Å²) in [7, 11) is -2.13. The van der Waals surface area contributed by atoms with Crippen molar-refractivity contribution in [2.24, 2.45) is 0 Å². The van der Waals surface area contributed by atoms with Gasteiger partial charge in [-0.1, -0.05) is 51.1 Å². The lowest BCUT2D eigenvalue weighted by Crippen LogP contribution is -2.49. The Balaban J connectivity index is 2.33. The first-order valence-electron chi connectivity index (χ1n) is 9.55. The predicted molar refractivity (Wildman–Crippen MR) is 110 cm³/mol. The molecular weight excluding hydrogens is 374 g/mol. The van der Waals surface area contributed by atoms with Gasteiger partial charge in [0.25, 0.3) is 0 Å². The van der Waals surface area contributed by atoms with E-state index in [1.807, 2.05) is 30.3 Å². The van der Waals surface area contributed by atoms with Crippen LogP contribution in [0.3, 0.4) is 0 Å². The predicted octanol–water partition coefficient (Wildman–Crippen LogP) is 3.40. The smallest absolute Gasteiger partial charge is 0.375 e. The molecule has 154 valence electrons. The summed E-state index contributed by atoms with van der Waals surface area (Å²) in [6.07, 6.45) is -0.173. The second-order valence-corrected chi connectivity index (χ2v) is 13.2. The molecule has 1 fully saturated rings. The lowest BCUT2D eigenvalue weighted by Gasteiger charge is -2.40. The maximum absolute atomic E-state index is 12.8. The molecule has 0 radical (unpaired) electrons. The van der Waals surface area contributed by atoms with E-state index < -0.39 is 26.2 Å². The highest BCUT2D eigenvalue weighted by Gasteiger charge is 2.48. The third kappa shape index (κ3) is 4.80. The summed E-state index contributed by atoms with van der Waals surface area (Å²) in [6.45, 7) is 12.6. The van der Waals surface area contributed by atoms with Crippen molar-refractivity contribution in [1.82, 2.24) is 10.4 Å². The topological polar surface area (TPSA) is 91.7 Å². The highest BCUT2D eigenvalue weighted by molar-refractivity contribution is 6.74. The van der Waals surface area contributed by atoms with E-state index in [1.54, 1.807) is 6.92 Å². The number of nitrogens with zero attached hydrogens (tertiary/aromatic N) is 1. The minimum atomic E-state index is -2.13. The third-order valence-corrected chi connectivity index (χ3v) is 9.88. The molecule has 1 heterocycles. The van der Waals surface area contributed by atoms with E-state index in [0.29, 0.717) is 0 Å². The Morgan fingerprint density at radius 1 is 1.29 bits per heavy atom. The molecule has 1 amide bonds. The van der Waals surface area contributed by atoms with Gasteiger partial charge in [-0.25, -0.2) is 9.80 Å². The SMILES string of the molecule is CCOC(=O)C(=N)NN1C(=O)CC(O[Si](C)(C)C(C)(C)C)C1c1ccccc1. The van der Waals surface area contributed by atoms with E-state index in [1.165, 1.54) is 5.01 Å². The van der Waals surface area contributed by atoms with Crippen molar-refractivity contribution in [3.05, 3.63) is 35.9 Å². The van der Waals surface area contributed by atoms with E-state index in [2.05, 4.69) is 39.3 Å². The molecule has 1 aliphatic rings. The maximum Gasteiger partial charge on any atom is 0.375 e. The van der Waals surface area contributed by atoms with E-state index >= 15 is 0 Å². The number of benzene rings is 1. The van der Waals surface area contributed by atoms with Crippen LogP contribution >= 0.6 is 0 Å². The molecule has 1 aromatic rings. The van der Waals surface area contributed by atoms with Crippen LogP contribution in [0.2, 0.25) is 18.1 Å². The number of esters is 1. The summed E-state index contributed by atoms with van der Waals surface area (Å²) in [5.41, 5.74) is 3.53. The maximum atomic E-state index is 12.8. The van der Waals surface area contributed by atoms with Crippen molar-refractivity contribution >= 4 is 26.0 Å². The number of rotatable bonds is 5. The van der Waals surface area contributed by atoms with Gasteiger partial charge >= 0.3 is 5.97 Å². The van der Waals surface area contributed by atoms with Crippen LogP contribution in [0, 0.1) is 5.41 Å². The van der Waals surface area contributed by atoms with Gasteiger partial charge in [0.15, 0.2) is 8.32 Å². The zero-order valence-electron chi connectivity index (χ0n) is 17.5. The molecule has 1 aromatic carbocycles. The van der Waals surface area contributed by atoms with Crippen LogP contribution in [0.1, 0.15) is 45.7 Å². The summed E-state index contributed by atoms with van der Waals surface area (Å²) >= 11 is 0. The van der Waals surface area contributed by atoms with Crippen LogP contribution in [-0.4, -0.2) is 43.7 Å². The third-order valence-electron chi connectivity index (χ3n) is 5.38. The molecular formula is C20H31N3O4Si. The Morgan fingerprint density at radius 2 is 1.89 bits per heavy atom. The molecule has 2 unspecified atom stereocenters. The Labute approximate surface area is 168 Å². The first kappa shape index (κ1) is 22.1. The average molecular weight is 406 g/mol. The Bertz CT molecular complexity index is 731. The van der Waals surface area contributed by atoms with Gasteiger partial charge in [-0.3, -0.25) is 15.6 Å². The molecule has 7 nitrogen and oxygen atoms in total. The molecule has 1 saturated heterocycles. The lowest BCUT2D eigenvalue weighted by atomic mass is 10.0. The molecule has 2 N–H and O–H groups in total. The normalized spacial score (nSPS) is 20.2. The van der Waals surface area contributed by atoms with Gasteiger partial charge in [-0.15, -0.1) is 0 Å². The molecule has 2 atom stereocenters. The van der Waals surface area contributed by atoms with Gasteiger partial charge in [0.1, 0.15) is 6.04 Å². The van der Waals surface area contributed by atoms with Crippen molar-refractivity contribution in [3.8, 4) is 0 Å². The lowest BCUT2D eigenvalue weighted by molar-refractivity contribution is -0.136. The summed E-state index contributed by atoms with van der Waals surface area (Å²) in [5.74, 6) is -1.48. The number of amides is 1. The molecule has 0 bridgehead atoms. The van der Waals surface area contributed by atoms with Gasteiger partial charge in [0.2, 0.25) is 11.7 Å². The number of nitrogens with one attached hydrogen (secondary N) is 2. The van der Waals surface area contributed by atoms with Crippen molar-refractivity contribution in [2.45, 2.75) is 64.4 Å². The summed E-state index contributed by atoms with van der Waals surface area (Å²) < 4.78 is 11.4. The minimum absolute atomic E-state index is 0.00419. The van der Waals surface area contributed by atoms with Crippen molar-refractivity contribution in [1.29, 1.82) is 5.41 Å². The number of amidine groups is 1.